The Morgan fingerprint density at radius 2 is 1.76 bits per heavy atom. The van der Waals surface area contributed by atoms with E-state index in [-0.39, 0.29) is 94.2 Å². The first kappa shape index (κ1) is 39.6. The van der Waals surface area contributed by atoms with E-state index >= 15 is 0 Å². The largest absolute Gasteiger partial charge is 1.00 e. The first-order chi connectivity index (χ1) is 16.1. The summed E-state index contributed by atoms with van der Waals surface area (Å²) in [5, 5.41) is 68.5. The quantitative estimate of drug-likeness (QED) is 0.0816. The molecule has 22 heteroatoms. The van der Waals surface area contributed by atoms with Gasteiger partial charge in [-0.2, -0.15) is 0 Å². The van der Waals surface area contributed by atoms with Gasteiger partial charge in [-0.05, 0) is 17.7 Å². The fraction of sp³-hybridized carbons (Fsp3) is 0.625. The predicted molar refractivity (Wildman–Crippen MR) is 102 cm³/mol. The van der Waals surface area contributed by atoms with Gasteiger partial charge < -0.3 is 59.5 Å². The van der Waals surface area contributed by atoms with Gasteiger partial charge in [0, 0.05) is 12.6 Å². The molecule has 17 nitrogen and oxygen atoms in total. The SMILES string of the molecule is N=c1ccn([C@@H]2O[C@H](COP(=O)(O)O[C@H](C3=C[C@@H](O)[C@H](O)[C@H](O)C3)[P+]([O-])([O-])[O-])[C@@H](O)[C@H]2O)c([O-])n1.[Na+].[Na+].[Na+]. The van der Waals surface area contributed by atoms with Gasteiger partial charge in [0.05, 0.1) is 18.7 Å². The van der Waals surface area contributed by atoms with Gasteiger partial charge in [-0.25, -0.2) is 14.1 Å². The summed E-state index contributed by atoms with van der Waals surface area (Å²) in [4.78, 5) is 48.3. The smallest absolute Gasteiger partial charge is 0.846 e. The van der Waals surface area contributed by atoms with E-state index in [0.717, 1.165) is 16.8 Å². The van der Waals surface area contributed by atoms with Crippen LogP contribution in [0.1, 0.15) is 12.6 Å². The molecule has 0 saturated carbocycles. The minimum atomic E-state index is -5.83. The third-order valence-corrected chi connectivity index (χ3v) is 7.38. The molecule has 9 atom stereocenters. The van der Waals surface area contributed by atoms with Crippen molar-refractivity contribution < 1.29 is 157 Å². The summed E-state index contributed by atoms with van der Waals surface area (Å²) in [6.45, 7) is -0.987. The third kappa shape index (κ3) is 9.82. The van der Waals surface area contributed by atoms with Crippen LogP contribution in [0.25, 0.3) is 0 Å². The van der Waals surface area contributed by atoms with Gasteiger partial charge in [0.25, 0.3) is 0 Å². The molecule has 2 aliphatic rings. The fourth-order valence-corrected chi connectivity index (χ4v) is 5.72. The molecule has 38 heavy (non-hydrogen) atoms. The molecule has 0 amide bonds. The number of phosphoric acid groups is 1. The summed E-state index contributed by atoms with van der Waals surface area (Å²) in [7, 11) is -11.2. The average Bonchev–Trinajstić information content (AvgIpc) is 3.02. The van der Waals surface area contributed by atoms with Gasteiger partial charge in [-0.15, -0.1) is 7.94 Å². The van der Waals surface area contributed by atoms with E-state index in [1.165, 1.54) is 0 Å². The van der Waals surface area contributed by atoms with Crippen LogP contribution >= 0.6 is 15.8 Å². The average molecular weight is 611 g/mol. The molecule has 7 N–H and O–H groups in total. The minimum absolute atomic E-state index is 0. The van der Waals surface area contributed by atoms with Crippen LogP contribution in [0.2, 0.25) is 0 Å². The summed E-state index contributed by atoms with van der Waals surface area (Å²) in [5.41, 5.74) is -0.970. The van der Waals surface area contributed by atoms with Crippen molar-refractivity contribution in [3.8, 4) is 6.01 Å². The van der Waals surface area contributed by atoms with E-state index in [4.69, 9.17) is 10.1 Å². The fourth-order valence-electron chi connectivity index (χ4n) is 3.51. The Morgan fingerprint density at radius 3 is 2.29 bits per heavy atom. The molecule has 1 fully saturated rings. The van der Waals surface area contributed by atoms with Gasteiger partial charge in [-0.3, -0.25) is 9.93 Å². The predicted octanol–water partition coefficient (Wildman–Crippen LogP) is -15.2. The molecule has 0 spiro atoms. The molecule has 0 aromatic carbocycles. The van der Waals surface area contributed by atoms with Gasteiger partial charge in [0.1, 0.15) is 36.0 Å². The number of hydrogen-bond donors (Lipinski definition) is 7. The van der Waals surface area contributed by atoms with E-state index in [1.54, 1.807) is 0 Å². The first-order valence-electron chi connectivity index (χ1n) is 9.85. The molecule has 3 rings (SSSR count). The van der Waals surface area contributed by atoms with Crippen molar-refractivity contribution in [2.24, 2.45) is 0 Å². The van der Waals surface area contributed by atoms with E-state index in [0.29, 0.717) is 6.08 Å². The van der Waals surface area contributed by atoms with Crippen LogP contribution in [0.4, 0.5) is 0 Å². The maximum absolute atomic E-state index is 12.4. The Bertz CT molecular complexity index is 1060. The van der Waals surface area contributed by atoms with Crippen molar-refractivity contribution >= 4 is 15.8 Å². The summed E-state index contributed by atoms with van der Waals surface area (Å²) in [5.74, 6) is -2.66. The number of rotatable bonds is 8. The summed E-state index contributed by atoms with van der Waals surface area (Å²) >= 11 is 0. The normalized spacial score (nSPS) is 31.6. The molecule has 1 unspecified atom stereocenters. The molecule has 198 valence electrons. The van der Waals surface area contributed by atoms with Crippen LogP contribution in [-0.2, 0) is 18.3 Å². The van der Waals surface area contributed by atoms with Crippen molar-refractivity contribution in [3.63, 3.8) is 0 Å². The number of phosphoric ester groups is 1. The summed E-state index contributed by atoms with van der Waals surface area (Å²) in [6.07, 6.45) is -10.7. The molecule has 1 aromatic rings. The second kappa shape index (κ2) is 15.9. The van der Waals surface area contributed by atoms with Crippen LogP contribution in [0.15, 0.2) is 23.9 Å². The minimum Gasteiger partial charge on any atom is -0.846 e. The maximum atomic E-state index is 12.4. The Kier molecular flexibility index (Phi) is 16.6. The number of ether oxygens (including phenoxy) is 1. The first-order valence-corrected chi connectivity index (χ1v) is 13.0. The van der Waals surface area contributed by atoms with Crippen LogP contribution in [0, 0.1) is 5.41 Å². The number of nitrogens with one attached hydrogen (secondary N) is 1. The zero-order chi connectivity index (χ0) is 26.3. The van der Waals surface area contributed by atoms with Crippen LogP contribution < -0.4 is 114 Å². The monoisotopic (exact) mass is 611 g/mol. The number of nitrogens with zero attached hydrogens (tertiary/aromatic N) is 2. The maximum Gasteiger partial charge on any atom is 1.00 e. The van der Waals surface area contributed by atoms with E-state index in [9.17, 15) is 54.8 Å². The van der Waals surface area contributed by atoms with Crippen LogP contribution in [-0.4, -0.2) is 89.1 Å². The molecule has 0 radical (unpaired) electrons. The topological polar surface area (TPSA) is 300 Å². The zero-order valence-corrected chi connectivity index (χ0v) is 28.3. The van der Waals surface area contributed by atoms with Crippen molar-refractivity contribution in [1.29, 1.82) is 5.41 Å². The molecule has 1 aromatic heterocycles. The van der Waals surface area contributed by atoms with Gasteiger partial charge in [-0.1, -0.05) is 0 Å². The zero-order valence-electron chi connectivity index (χ0n) is 20.5. The second-order valence-corrected chi connectivity index (χ2v) is 10.8. The number of aliphatic hydroxyl groups excluding tert-OH is 5. The number of hydrogen-bond acceptors (Lipinski definition) is 15. The van der Waals surface area contributed by atoms with Crippen LogP contribution in [0.3, 0.4) is 0 Å². The number of aliphatic hydroxyl groups is 5. The molecule has 1 saturated heterocycles. The third-order valence-electron chi connectivity index (χ3n) is 5.25. The van der Waals surface area contributed by atoms with Crippen molar-refractivity contribution in [2.45, 2.75) is 55.1 Å². The molecule has 1 aliphatic heterocycles. The van der Waals surface area contributed by atoms with Gasteiger partial charge >= 0.3 is 96.5 Å². The van der Waals surface area contributed by atoms with E-state index < -0.39 is 89.1 Å². The second-order valence-electron chi connectivity index (χ2n) is 7.81. The standard InChI is InChI=1S/C16H25N3O14P2.3Na/c17-10-1-2-19(16(25)18-10)14-13(24)12(23)9(32-14)5-31-35(29,30)33-15(34(26,27)28)6-3-7(20)11(22)8(21)4-6;;;/h1-3,7-9,11-15,20-24H,4-5H2,(H,29,30)(H2,17,18,25)(H2,26,27,28);;;/q;3*+1/p-3/t7-,8-,9-,11+,12-,13-,14-,15+;;;/m1.../s1. The molecular weight excluding hydrogens is 589 g/mol. The summed E-state index contributed by atoms with van der Waals surface area (Å²) in [6, 6.07) is 0.104. The molecular formula is C16H22N3Na3O14P2. The van der Waals surface area contributed by atoms with Gasteiger partial charge in [0.2, 0.25) is 0 Å². The van der Waals surface area contributed by atoms with E-state index in [1.807, 2.05) is 0 Å². The summed E-state index contributed by atoms with van der Waals surface area (Å²) < 4.78 is 27.5. The van der Waals surface area contributed by atoms with Crippen molar-refractivity contribution in [1.82, 2.24) is 9.55 Å². The van der Waals surface area contributed by atoms with Gasteiger partial charge in [0.15, 0.2) is 12.1 Å². The molecule has 0 bridgehead atoms. The Morgan fingerprint density at radius 1 is 1.16 bits per heavy atom. The molecule has 2 heterocycles. The molecule has 1 aliphatic carbocycles. The number of aromatic nitrogens is 2. The Labute approximate surface area is 282 Å². The Hall–Kier alpha value is 1.60. The van der Waals surface area contributed by atoms with Crippen molar-refractivity contribution in [2.75, 3.05) is 6.61 Å². The Balaban J connectivity index is 0.00000456. The van der Waals surface area contributed by atoms with Crippen molar-refractivity contribution in [3.05, 3.63) is 29.4 Å². The van der Waals surface area contributed by atoms with Crippen LogP contribution in [0.5, 0.6) is 6.01 Å². The van der Waals surface area contributed by atoms with E-state index in [2.05, 4.69) is 14.0 Å².